The summed E-state index contributed by atoms with van der Waals surface area (Å²) in [6.07, 6.45) is 0. The smallest absolute Gasteiger partial charge is 0.255 e. The highest BCUT2D eigenvalue weighted by Gasteiger charge is 2.11. The van der Waals surface area contributed by atoms with Crippen molar-refractivity contribution in [3.05, 3.63) is 70.3 Å². The van der Waals surface area contributed by atoms with Crippen LogP contribution in [0.15, 0.2) is 53.9 Å². The minimum absolute atomic E-state index is 0.0991. The fraction of sp³-hybridized carbons (Fsp3) is 0. The molecule has 23 heavy (non-hydrogen) atoms. The first kappa shape index (κ1) is 15.5. The van der Waals surface area contributed by atoms with Crippen molar-refractivity contribution in [1.29, 1.82) is 0 Å². The Kier molecular flexibility index (Phi) is 4.32. The number of hydrogen-bond donors (Lipinski definition) is 2. The molecule has 0 radical (unpaired) electrons. The maximum absolute atomic E-state index is 13.2. The number of rotatable bonds is 3. The molecule has 0 unspecified atom stereocenters. The number of halogens is 2. The Balaban J connectivity index is 1.88. The standard InChI is InChI=1S/C17H12ClFN2OS/c18-12-8-11(3-5-13(12)19)17(22)21-15-9-10(4-6-14(15)20)16-2-1-7-23-16/h1-9H,20H2,(H,21,22). The van der Waals surface area contributed by atoms with Gasteiger partial charge in [0.15, 0.2) is 0 Å². The third kappa shape index (κ3) is 3.36. The molecule has 3 rings (SSSR count). The second-order valence-corrected chi connectivity index (χ2v) is 6.22. The van der Waals surface area contributed by atoms with Crippen LogP contribution in [0.5, 0.6) is 0 Å². The Morgan fingerprint density at radius 3 is 2.70 bits per heavy atom. The van der Waals surface area contributed by atoms with Gasteiger partial charge >= 0.3 is 0 Å². The van der Waals surface area contributed by atoms with Gasteiger partial charge in [0, 0.05) is 10.4 Å². The lowest BCUT2D eigenvalue weighted by atomic mass is 10.1. The molecule has 1 amide bonds. The number of nitrogens with one attached hydrogen (secondary N) is 1. The van der Waals surface area contributed by atoms with Crippen LogP contribution in [0, 0.1) is 5.82 Å². The summed E-state index contributed by atoms with van der Waals surface area (Å²) in [6, 6.07) is 13.2. The van der Waals surface area contributed by atoms with Crippen molar-refractivity contribution >= 4 is 40.2 Å². The van der Waals surface area contributed by atoms with E-state index in [0.717, 1.165) is 16.5 Å². The third-order valence-electron chi connectivity index (χ3n) is 3.29. The van der Waals surface area contributed by atoms with Gasteiger partial charge in [-0.3, -0.25) is 4.79 Å². The van der Waals surface area contributed by atoms with E-state index in [2.05, 4.69) is 5.32 Å². The molecule has 0 spiro atoms. The van der Waals surface area contributed by atoms with Crippen LogP contribution < -0.4 is 11.1 Å². The van der Waals surface area contributed by atoms with Gasteiger partial charge in [-0.15, -0.1) is 11.3 Å². The fourth-order valence-corrected chi connectivity index (χ4v) is 3.00. The predicted molar refractivity (Wildman–Crippen MR) is 93.5 cm³/mol. The van der Waals surface area contributed by atoms with E-state index in [9.17, 15) is 9.18 Å². The first-order valence-electron chi connectivity index (χ1n) is 6.74. The molecule has 0 saturated carbocycles. The van der Waals surface area contributed by atoms with E-state index in [1.807, 2.05) is 29.6 Å². The average molecular weight is 347 g/mol. The van der Waals surface area contributed by atoms with Gasteiger partial charge in [0.05, 0.1) is 16.4 Å². The molecule has 0 aliphatic carbocycles. The van der Waals surface area contributed by atoms with Crippen LogP contribution in [-0.4, -0.2) is 5.91 Å². The zero-order valence-corrected chi connectivity index (χ0v) is 13.4. The van der Waals surface area contributed by atoms with E-state index in [0.29, 0.717) is 11.4 Å². The van der Waals surface area contributed by atoms with Gasteiger partial charge in [-0.1, -0.05) is 23.7 Å². The Hall–Kier alpha value is -2.37. The highest BCUT2D eigenvalue weighted by atomic mass is 35.5. The van der Waals surface area contributed by atoms with E-state index in [4.69, 9.17) is 17.3 Å². The van der Waals surface area contributed by atoms with Crippen molar-refractivity contribution in [1.82, 2.24) is 0 Å². The van der Waals surface area contributed by atoms with Crippen molar-refractivity contribution in [2.75, 3.05) is 11.1 Å². The van der Waals surface area contributed by atoms with E-state index >= 15 is 0 Å². The van der Waals surface area contributed by atoms with Crippen molar-refractivity contribution in [3.63, 3.8) is 0 Å². The summed E-state index contributed by atoms with van der Waals surface area (Å²) in [5.41, 5.74) is 8.10. The van der Waals surface area contributed by atoms with Crippen LogP contribution >= 0.6 is 22.9 Å². The largest absolute Gasteiger partial charge is 0.397 e. The number of anilines is 2. The zero-order valence-electron chi connectivity index (χ0n) is 11.8. The molecule has 0 aliphatic rings. The van der Waals surface area contributed by atoms with Crippen LogP contribution in [0.4, 0.5) is 15.8 Å². The zero-order chi connectivity index (χ0) is 16.4. The number of carbonyl (C=O) groups is 1. The number of benzene rings is 2. The molecular formula is C17H12ClFN2OS. The predicted octanol–water partition coefficient (Wildman–Crippen LogP) is 5.04. The molecule has 3 nitrogen and oxygen atoms in total. The fourth-order valence-electron chi connectivity index (χ4n) is 2.09. The van der Waals surface area contributed by atoms with Gasteiger partial charge in [-0.25, -0.2) is 4.39 Å². The van der Waals surface area contributed by atoms with Gasteiger partial charge in [0.25, 0.3) is 5.91 Å². The molecule has 0 bridgehead atoms. The van der Waals surface area contributed by atoms with Crippen LogP contribution in [0.2, 0.25) is 5.02 Å². The lowest BCUT2D eigenvalue weighted by Gasteiger charge is -2.10. The summed E-state index contributed by atoms with van der Waals surface area (Å²) in [7, 11) is 0. The van der Waals surface area contributed by atoms with Crippen molar-refractivity contribution < 1.29 is 9.18 Å². The number of thiophene rings is 1. The van der Waals surface area contributed by atoms with E-state index in [-0.39, 0.29) is 10.6 Å². The van der Waals surface area contributed by atoms with Crippen molar-refractivity contribution in [2.24, 2.45) is 0 Å². The van der Waals surface area contributed by atoms with Crippen LogP contribution in [0.1, 0.15) is 10.4 Å². The van der Waals surface area contributed by atoms with E-state index < -0.39 is 11.7 Å². The molecule has 2 aromatic carbocycles. The Morgan fingerprint density at radius 2 is 2.00 bits per heavy atom. The van der Waals surface area contributed by atoms with Gasteiger partial charge in [-0.05, 0) is 47.3 Å². The highest BCUT2D eigenvalue weighted by molar-refractivity contribution is 7.13. The molecule has 1 heterocycles. The van der Waals surface area contributed by atoms with Gasteiger partial charge in [-0.2, -0.15) is 0 Å². The third-order valence-corrected chi connectivity index (χ3v) is 4.50. The minimum Gasteiger partial charge on any atom is -0.397 e. The molecule has 0 aliphatic heterocycles. The minimum atomic E-state index is -0.567. The Labute approximate surface area is 141 Å². The quantitative estimate of drug-likeness (QED) is 0.652. The SMILES string of the molecule is Nc1ccc(-c2cccs2)cc1NC(=O)c1ccc(F)c(Cl)c1. The summed E-state index contributed by atoms with van der Waals surface area (Å²) in [5, 5.41) is 4.61. The number of amides is 1. The summed E-state index contributed by atoms with van der Waals surface area (Å²) < 4.78 is 13.2. The first-order valence-corrected chi connectivity index (χ1v) is 8.00. The molecule has 3 N–H and O–H groups in total. The second kappa shape index (κ2) is 6.40. The molecular weight excluding hydrogens is 335 g/mol. The normalized spacial score (nSPS) is 10.5. The summed E-state index contributed by atoms with van der Waals surface area (Å²) >= 11 is 7.30. The lowest BCUT2D eigenvalue weighted by molar-refractivity contribution is 0.102. The number of carbonyl (C=O) groups excluding carboxylic acids is 1. The molecule has 0 fully saturated rings. The lowest BCUT2D eigenvalue weighted by Crippen LogP contribution is -2.13. The second-order valence-electron chi connectivity index (χ2n) is 4.86. The van der Waals surface area contributed by atoms with Crippen LogP contribution in [0.25, 0.3) is 10.4 Å². The van der Waals surface area contributed by atoms with Gasteiger partial charge in [0.2, 0.25) is 0 Å². The van der Waals surface area contributed by atoms with E-state index in [1.165, 1.54) is 12.1 Å². The van der Waals surface area contributed by atoms with Crippen molar-refractivity contribution in [2.45, 2.75) is 0 Å². The first-order chi connectivity index (χ1) is 11.0. The van der Waals surface area contributed by atoms with Crippen LogP contribution in [0.3, 0.4) is 0 Å². The van der Waals surface area contributed by atoms with Crippen molar-refractivity contribution in [3.8, 4) is 10.4 Å². The Morgan fingerprint density at radius 1 is 1.17 bits per heavy atom. The topological polar surface area (TPSA) is 55.1 Å². The summed E-state index contributed by atoms with van der Waals surface area (Å²) in [4.78, 5) is 13.4. The van der Waals surface area contributed by atoms with Gasteiger partial charge < -0.3 is 11.1 Å². The highest BCUT2D eigenvalue weighted by Crippen LogP contribution is 2.30. The molecule has 6 heteroatoms. The number of nitrogens with two attached hydrogens (primary N) is 1. The number of hydrogen-bond acceptors (Lipinski definition) is 3. The van der Waals surface area contributed by atoms with Gasteiger partial charge in [0.1, 0.15) is 5.82 Å². The molecule has 0 saturated heterocycles. The molecule has 3 aromatic rings. The number of nitrogen functional groups attached to an aromatic ring is 1. The Bertz CT molecular complexity index is 865. The van der Waals surface area contributed by atoms with Crippen LogP contribution in [-0.2, 0) is 0 Å². The monoisotopic (exact) mass is 346 g/mol. The maximum atomic E-state index is 13.2. The molecule has 0 atom stereocenters. The molecule has 116 valence electrons. The van der Waals surface area contributed by atoms with E-state index in [1.54, 1.807) is 17.4 Å². The molecule has 1 aromatic heterocycles. The summed E-state index contributed by atoms with van der Waals surface area (Å²) in [6.45, 7) is 0. The average Bonchev–Trinajstić information content (AvgIpc) is 3.06. The summed E-state index contributed by atoms with van der Waals surface area (Å²) in [5.74, 6) is -0.968. The maximum Gasteiger partial charge on any atom is 0.255 e.